The van der Waals surface area contributed by atoms with Gasteiger partial charge in [-0.05, 0) is 35.4 Å². The van der Waals surface area contributed by atoms with Crippen molar-refractivity contribution < 1.29 is 9.13 Å². The number of rotatable bonds is 3. The Balaban J connectivity index is 2.27. The van der Waals surface area contributed by atoms with Gasteiger partial charge in [0, 0.05) is 12.4 Å². The second kappa shape index (κ2) is 5.36. The Morgan fingerprint density at radius 1 is 1.05 bits per heavy atom. The van der Waals surface area contributed by atoms with Gasteiger partial charge in [-0.15, -0.1) is 0 Å². The molecule has 1 N–H and O–H groups in total. The van der Waals surface area contributed by atoms with Crippen LogP contribution in [0.4, 0.5) is 10.2 Å². The lowest BCUT2D eigenvalue weighted by Crippen LogP contribution is -1.97. The highest BCUT2D eigenvalue weighted by Gasteiger charge is 2.11. The van der Waals surface area contributed by atoms with Crippen LogP contribution >= 0.6 is 0 Å². The van der Waals surface area contributed by atoms with E-state index >= 15 is 0 Å². The molecule has 0 aliphatic heterocycles. The number of hydrogen-bond acceptors (Lipinski definition) is 4. The molecule has 1 heterocycles. The minimum absolute atomic E-state index is 0.259. The molecule has 0 saturated heterocycles. The van der Waals surface area contributed by atoms with Gasteiger partial charge < -0.3 is 10.1 Å². The van der Waals surface area contributed by atoms with Crippen molar-refractivity contribution in [3.8, 4) is 16.9 Å². The first-order valence-corrected chi connectivity index (χ1v) is 6.49. The lowest BCUT2D eigenvalue weighted by atomic mass is 10.0. The zero-order chi connectivity index (χ0) is 14.8. The number of fused-ring (bicyclic) bond motifs is 1. The number of nitrogens with one attached hydrogen (secondary N) is 1. The highest BCUT2D eigenvalue weighted by Crippen LogP contribution is 2.33. The average Bonchev–Trinajstić information content (AvgIpc) is 2.53. The van der Waals surface area contributed by atoms with Crippen molar-refractivity contribution in [1.82, 2.24) is 9.97 Å². The quantitative estimate of drug-likeness (QED) is 0.799. The first kappa shape index (κ1) is 13.3. The summed E-state index contributed by atoms with van der Waals surface area (Å²) in [4.78, 5) is 8.49. The number of hydrogen-bond donors (Lipinski definition) is 1. The number of ether oxygens (including phenoxy) is 1. The molecular formula is C16H14FN3O. The Labute approximate surface area is 121 Å². The van der Waals surface area contributed by atoms with Crippen LogP contribution in [0.15, 0.2) is 42.7 Å². The van der Waals surface area contributed by atoms with Crippen LogP contribution < -0.4 is 10.1 Å². The largest absolute Gasteiger partial charge is 0.494 e. The Hall–Kier alpha value is -2.69. The first-order chi connectivity index (χ1) is 10.2. The fourth-order valence-corrected chi connectivity index (χ4v) is 2.30. The summed E-state index contributed by atoms with van der Waals surface area (Å²) >= 11 is 0. The molecule has 0 bridgehead atoms. The third-order valence-electron chi connectivity index (χ3n) is 3.34. The maximum atomic E-state index is 13.1. The van der Waals surface area contributed by atoms with E-state index in [9.17, 15) is 4.39 Å². The summed E-state index contributed by atoms with van der Waals surface area (Å²) in [5.74, 6) is 1.12. The van der Waals surface area contributed by atoms with Crippen LogP contribution in [-0.2, 0) is 0 Å². The number of halogens is 1. The van der Waals surface area contributed by atoms with E-state index in [1.54, 1.807) is 26.3 Å². The highest BCUT2D eigenvalue weighted by molar-refractivity contribution is 5.96. The highest BCUT2D eigenvalue weighted by atomic mass is 19.1. The fourth-order valence-electron chi connectivity index (χ4n) is 2.30. The van der Waals surface area contributed by atoms with Gasteiger partial charge in [-0.1, -0.05) is 12.1 Å². The minimum Gasteiger partial charge on any atom is -0.494 e. The SMILES string of the molecule is CNc1ncnc2c(OC)cc(-c3ccc(F)cc3)cc12. The molecule has 0 spiro atoms. The van der Waals surface area contributed by atoms with E-state index in [1.807, 2.05) is 12.1 Å². The number of aromatic nitrogens is 2. The number of methoxy groups -OCH3 is 1. The topological polar surface area (TPSA) is 47.0 Å². The molecule has 21 heavy (non-hydrogen) atoms. The van der Waals surface area contributed by atoms with Gasteiger partial charge in [0.25, 0.3) is 0 Å². The number of anilines is 1. The monoisotopic (exact) mass is 283 g/mol. The van der Waals surface area contributed by atoms with Crippen molar-refractivity contribution in [2.75, 3.05) is 19.5 Å². The van der Waals surface area contributed by atoms with Crippen LogP contribution in [0.5, 0.6) is 5.75 Å². The zero-order valence-electron chi connectivity index (χ0n) is 11.7. The van der Waals surface area contributed by atoms with Crippen LogP contribution in [0.3, 0.4) is 0 Å². The van der Waals surface area contributed by atoms with Crippen LogP contribution in [0, 0.1) is 5.82 Å². The summed E-state index contributed by atoms with van der Waals surface area (Å²) in [7, 11) is 3.41. The second-order valence-electron chi connectivity index (χ2n) is 4.55. The summed E-state index contributed by atoms with van der Waals surface area (Å²) < 4.78 is 18.5. The third-order valence-corrected chi connectivity index (χ3v) is 3.34. The summed E-state index contributed by atoms with van der Waals surface area (Å²) in [5, 5.41) is 3.90. The van der Waals surface area contributed by atoms with Gasteiger partial charge in [-0.2, -0.15) is 0 Å². The second-order valence-corrected chi connectivity index (χ2v) is 4.55. The molecular weight excluding hydrogens is 269 g/mol. The van der Waals surface area contributed by atoms with E-state index < -0.39 is 0 Å². The standard InChI is InChI=1S/C16H14FN3O/c1-18-16-13-7-11(10-3-5-12(17)6-4-10)8-14(21-2)15(13)19-9-20-16/h3-9H,1-2H3,(H,18,19,20). The predicted octanol–water partition coefficient (Wildman–Crippen LogP) is 3.49. The minimum atomic E-state index is -0.259. The molecule has 0 aliphatic rings. The number of nitrogens with zero attached hydrogens (tertiary/aromatic N) is 2. The molecule has 5 heteroatoms. The molecule has 0 radical (unpaired) electrons. The zero-order valence-corrected chi connectivity index (χ0v) is 11.7. The molecule has 0 fully saturated rings. The third kappa shape index (κ3) is 2.38. The molecule has 1 aromatic heterocycles. The van der Waals surface area contributed by atoms with Crippen LogP contribution in [0.25, 0.3) is 22.0 Å². The summed E-state index contributed by atoms with van der Waals surface area (Å²) in [6.07, 6.45) is 1.49. The van der Waals surface area contributed by atoms with Crippen molar-refractivity contribution in [2.45, 2.75) is 0 Å². The van der Waals surface area contributed by atoms with E-state index in [0.29, 0.717) is 5.75 Å². The molecule has 3 rings (SSSR count). The van der Waals surface area contributed by atoms with Crippen molar-refractivity contribution in [2.24, 2.45) is 0 Å². The van der Waals surface area contributed by atoms with Crippen LogP contribution in [-0.4, -0.2) is 24.1 Å². The Bertz CT molecular complexity index is 787. The molecule has 0 amide bonds. The molecule has 0 aliphatic carbocycles. The Morgan fingerprint density at radius 2 is 1.81 bits per heavy atom. The van der Waals surface area contributed by atoms with E-state index in [4.69, 9.17) is 4.74 Å². The fraction of sp³-hybridized carbons (Fsp3) is 0.125. The van der Waals surface area contributed by atoms with Crippen molar-refractivity contribution >= 4 is 16.7 Å². The lowest BCUT2D eigenvalue weighted by molar-refractivity contribution is 0.419. The van der Waals surface area contributed by atoms with Crippen LogP contribution in [0.1, 0.15) is 0 Å². The normalized spacial score (nSPS) is 10.6. The summed E-state index contributed by atoms with van der Waals surface area (Å²) in [6, 6.07) is 10.2. The van der Waals surface area contributed by atoms with Gasteiger partial charge in [0.2, 0.25) is 0 Å². The van der Waals surface area contributed by atoms with Crippen LogP contribution in [0.2, 0.25) is 0 Å². The maximum absolute atomic E-state index is 13.1. The smallest absolute Gasteiger partial charge is 0.145 e. The van der Waals surface area contributed by atoms with Gasteiger partial charge in [-0.25, -0.2) is 14.4 Å². The van der Waals surface area contributed by atoms with Gasteiger partial charge in [0.15, 0.2) is 0 Å². The molecule has 4 nitrogen and oxygen atoms in total. The number of benzene rings is 2. The molecule has 2 aromatic carbocycles. The first-order valence-electron chi connectivity index (χ1n) is 6.49. The van der Waals surface area contributed by atoms with Gasteiger partial charge in [0.05, 0.1) is 7.11 Å². The lowest BCUT2D eigenvalue weighted by Gasteiger charge is -2.11. The van der Waals surface area contributed by atoms with Crippen molar-refractivity contribution in [1.29, 1.82) is 0 Å². The van der Waals surface area contributed by atoms with Crippen molar-refractivity contribution in [3.63, 3.8) is 0 Å². The molecule has 0 atom stereocenters. The molecule has 3 aromatic rings. The Morgan fingerprint density at radius 3 is 2.48 bits per heavy atom. The summed E-state index contributed by atoms with van der Waals surface area (Å²) in [5.41, 5.74) is 2.57. The van der Waals surface area contributed by atoms with E-state index in [-0.39, 0.29) is 5.82 Å². The van der Waals surface area contributed by atoms with E-state index in [0.717, 1.165) is 27.8 Å². The van der Waals surface area contributed by atoms with E-state index in [1.165, 1.54) is 18.5 Å². The predicted molar refractivity (Wildman–Crippen MR) is 81.0 cm³/mol. The van der Waals surface area contributed by atoms with Crippen molar-refractivity contribution in [3.05, 3.63) is 48.5 Å². The Kier molecular flexibility index (Phi) is 3.39. The maximum Gasteiger partial charge on any atom is 0.145 e. The van der Waals surface area contributed by atoms with Gasteiger partial charge in [0.1, 0.15) is 29.2 Å². The van der Waals surface area contributed by atoms with Gasteiger partial charge >= 0.3 is 0 Å². The van der Waals surface area contributed by atoms with Gasteiger partial charge in [-0.3, -0.25) is 0 Å². The summed E-state index contributed by atoms with van der Waals surface area (Å²) in [6.45, 7) is 0. The molecule has 0 unspecified atom stereocenters. The molecule has 0 saturated carbocycles. The van der Waals surface area contributed by atoms with E-state index in [2.05, 4.69) is 15.3 Å². The molecule has 106 valence electrons. The average molecular weight is 283 g/mol.